The largest absolute Gasteiger partial charge is 0.758 e. The van der Waals surface area contributed by atoms with Crippen LogP contribution in [0.5, 0.6) is 0 Å². The monoisotopic (exact) mass is 331 g/mol. The molecule has 1 heterocycles. The summed E-state index contributed by atoms with van der Waals surface area (Å²) >= 11 is 0. The minimum absolute atomic E-state index is 0.0924. The van der Waals surface area contributed by atoms with E-state index in [1.807, 2.05) is 30.9 Å². The van der Waals surface area contributed by atoms with E-state index >= 15 is 0 Å². The van der Waals surface area contributed by atoms with Crippen LogP contribution in [0.2, 0.25) is 0 Å². The van der Waals surface area contributed by atoms with Gasteiger partial charge in [0.05, 0.1) is 13.2 Å². The Balaban J connectivity index is 3.31. The Morgan fingerprint density at radius 3 is 2.29 bits per heavy atom. The molecule has 0 aliphatic carbocycles. The molecule has 7 heteroatoms. The first-order chi connectivity index (χ1) is 11.4. The summed E-state index contributed by atoms with van der Waals surface area (Å²) in [4.78, 5) is 25.8. The first-order valence-corrected chi connectivity index (χ1v) is 7.46. The van der Waals surface area contributed by atoms with Crippen LogP contribution in [0, 0.1) is 0 Å². The third kappa shape index (κ3) is 5.07. The van der Waals surface area contributed by atoms with Crippen molar-refractivity contribution in [3.63, 3.8) is 0 Å². The van der Waals surface area contributed by atoms with Crippen molar-refractivity contribution < 1.29 is 23.6 Å². The van der Waals surface area contributed by atoms with Crippen LogP contribution in [0.3, 0.4) is 0 Å². The Morgan fingerprint density at radius 1 is 1.25 bits per heavy atom. The third-order valence-electron chi connectivity index (χ3n) is 2.97. The summed E-state index contributed by atoms with van der Waals surface area (Å²) in [5, 5.41) is 9.41. The normalized spacial score (nSPS) is 9.50. The van der Waals surface area contributed by atoms with Gasteiger partial charge in [0.15, 0.2) is 18.0 Å². The van der Waals surface area contributed by atoms with Crippen LogP contribution in [0.25, 0.3) is 11.1 Å². The summed E-state index contributed by atoms with van der Waals surface area (Å²) in [6, 6.07) is 3.63. The van der Waals surface area contributed by atoms with Crippen LogP contribution in [-0.2, 0) is 19.1 Å². The second-order valence-electron chi connectivity index (χ2n) is 4.86. The number of pyridine rings is 1. The molecule has 0 saturated carbocycles. The lowest BCUT2D eigenvalue weighted by Crippen LogP contribution is -2.33. The highest BCUT2D eigenvalue weighted by Crippen LogP contribution is 2.10. The van der Waals surface area contributed by atoms with Crippen molar-refractivity contribution in [2.45, 2.75) is 13.8 Å². The Bertz CT molecular complexity index is 669. The maximum absolute atomic E-state index is 12.0. The molecule has 1 rings (SSSR count). The predicted octanol–water partition coefficient (Wildman–Crippen LogP) is 1.17. The molecule has 24 heavy (non-hydrogen) atoms. The van der Waals surface area contributed by atoms with Crippen LogP contribution < -0.4 is 9.47 Å². The molecule has 1 aromatic heterocycles. The van der Waals surface area contributed by atoms with Gasteiger partial charge in [0.2, 0.25) is 5.70 Å². The fourth-order valence-electron chi connectivity index (χ4n) is 1.80. The molecule has 0 fully saturated rings. The molecule has 1 aromatic rings. The van der Waals surface area contributed by atoms with Gasteiger partial charge in [0, 0.05) is 26.2 Å². The standard InChI is InChI=1S/C17H21N3O4/c1-5-23-16(21)15(17(22)24-6-2)10-14(11-18)20-9-7-8-13(12-20)19(3)4/h7-10,12H,5-6H2,1-4H3. The zero-order valence-corrected chi connectivity index (χ0v) is 14.3. The molecule has 128 valence electrons. The van der Waals surface area contributed by atoms with Gasteiger partial charge in [-0.2, -0.15) is 10.4 Å². The quantitative estimate of drug-likeness (QED) is 0.142. The first kappa shape index (κ1) is 19.1. The molecule has 0 N–H and O–H groups in total. The summed E-state index contributed by atoms with van der Waals surface area (Å²) in [7, 11) is 3.73. The van der Waals surface area contributed by atoms with E-state index in [9.17, 15) is 15.0 Å². The lowest BCUT2D eigenvalue weighted by atomic mass is 10.2. The SMILES string of the molecule is CCOC(=O)C(=CC(=C=[N-])[n+]1cccc(N(C)C)c1)C(=O)OCC. The van der Waals surface area contributed by atoms with Gasteiger partial charge in [-0.05, 0) is 19.9 Å². The number of rotatable bonds is 7. The van der Waals surface area contributed by atoms with E-state index < -0.39 is 11.9 Å². The highest BCUT2D eigenvalue weighted by molar-refractivity contribution is 6.15. The van der Waals surface area contributed by atoms with Gasteiger partial charge in [-0.3, -0.25) is 0 Å². The van der Waals surface area contributed by atoms with Crippen LogP contribution in [0.15, 0.2) is 36.2 Å². The molecule has 0 bridgehead atoms. The number of carbonyl (C=O) groups excluding carboxylic acids is 2. The lowest BCUT2D eigenvalue weighted by Gasteiger charge is -2.10. The van der Waals surface area contributed by atoms with E-state index in [-0.39, 0.29) is 24.5 Å². The molecule has 0 saturated heterocycles. The average molecular weight is 331 g/mol. The Kier molecular flexibility index (Phi) is 7.39. The van der Waals surface area contributed by atoms with E-state index in [1.165, 1.54) is 10.6 Å². The Labute approximate surface area is 141 Å². The highest BCUT2D eigenvalue weighted by Gasteiger charge is 2.23. The van der Waals surface area contributed by atoms with Gasteiger partial charge >= 0.3 is 11.9 Å². The maximum atomic E-state index is 12.0. The molecule has 0 radical (unpaired) electrons. The van der Waals surface area contributed by atoms with E-state index in [0.717, 1.165) is 5.69 Å². The molecular weight excluding hydrogens is 310 g/mol. The fraction of sp³-hybridized carbons (Fsp3) is 0.353. The number of hydrogen-bond acceptors (Lipinski definition) is 5. The number of carbonyl (C=O) groups is 2. The lowest BCUT2D eigenvalue weighted by molar-refractivity contribution is -0.576. The van der Waals surface area contributed by atoms with Crippen LogP contribution >= 0.6 is 0 Å². The molecule has 0 spiro atoms. The van der Waals surface area contributed by atoms with Crippen LogP contribution in [0.1, 0.15) is 13.8 Å². The minimum Gasteiger partial charge on any atom is -0.758 e. The van der Waals surface area contributed by atoms with E-state index in [2.05, 4.69) is 0 Å². The van der Waals surface area contributed by atoms with Gasteiger partial charge in [0.1, 0.15) is 5.69 Å². The van der Waals surface area contributed by atoms with E-state index in [0.29, 0.717) is 0 Å². The summed E-state index contributed by atoms with van der Waals surface area (Å²) in [6.45, 7) is 3.48. The maximum Gasteiger partial charge on any atom is 0.345 e. The topological polar surface area (TPSA) is 82.0 Å². The number of aromatic nitrogens is 1. The summed E-state index contributed by atoms with van der Waals surface area (Å²) < 4.78 is 11.3. The predicted molar refractivity (Wildman–Crippen MR) is 90.4 cm³/mol. The second kappa shape index (κ2) is 9.27. The Morgan fingerprint density at radius 2 is 1.83 bits per heavy atom. The van der Waals surface area contributed by atoms with E-state index in [4.69, 9.17) is 9.47 Å². The van der Waals surface area contributed by atoms with Gasteiger partial charge in [-0.1, -0.05) is 0 Å². The molecule has 0 aliphatic rings. The van der Waals surface area contributed by atoms with Gasteiger partial charge in [-0.25, -0.2) is 9.59 Å². The van der Waals surface area contributed by atoms with Gasteiger partial charge in [0.25, 0.3) is 0 Å². The van der Waals surface area contributed by atoms with Crippen LogP contribution in [-0.4, -0.2) is 45.1 Å². The summed E-state index contributed by atoms with van der Waals surface area (Å²) in [6.07, 6.45) is 4.54. The summed E-state index contributed by atoms with van der Waals surface area (Å²) in [5.41, 5.74) is 0.625. The van der Waals surface area contributed by atoms with Crippen molar-refractivity contribution in [3.8, 4) is 0 Å². The van der Waals surface area contributed by atoms with Crippen molar-refractivity contribution in [3.05, 3.63) is 41.6 Å². The second-order valence-corrected chi connectivity index (χ2v) is 4.86. The van der Waals surface area contributed by atoms with E-state index in [1.54, 1.807) is 32.3 Å². The molecule has 0 aromatic carbocycles. The van der Waals surface area contributed by atoms with Crippen molar-refractivity contribution >= 4 is 29.2 Å². The number of ether oxygens (including phenoxy) is 2. The molecule has 0 amide bonds. The molecule has 0 unspecified atom stereocenters. The van der Waals surface area contributed by atoms with Gasteiger partial charge in [-0.15, -0.1) is 0 Å². The van der Waals surface area contributed by atoms with Crippen LogP contribution in [0.4, 0.5) is 5.69 Å². The van der Waals surface area contributed by atoms with Crippen molar-refractivity contribution in [1.29, 1.82) is 0 Å². The Hall–Kier alpha value is -2.92. The van der Waals surface area contributed by atoms with Gasteiger partial charge < -0.3 is 19.8 Å². The highest BCUT2D eigenvalue weighted by atomic mass is 16.6. The third-order valence-corrected chi connectivity index (χ3v) is 2.97. The number of nitrogens with zero attached hydrogens (tertiary/aromatic N) is 3. The molecular formula is C17H21N3O4. The zero-order valence-electron chi connectivity index (χ0n) is 14.3. The first-order valence-electron chi connectivity index (χ1n) is 7.46. The molecule has 0 atom stereocenters. The van der Waals surface area contributed by atoms with Crippen molar-refractivity contribution in [1.82, 2.24) is 0 Å². The number of anilines is 1. The molecule has 7 nitrogen and oxygen atoms in total. The minimum atomic E-state index is -0.826. The molecule has 0 aliphatic heterocycles. The fourth-order valence-corrected chi connectivity index (χ4v) is 1.80. The zero-order chi connectivity index (χ0) is 18.1. The average Bonchev–Trinajstić information content (AvgIpc) is 2.56. The van der Waals surface area contributed by atoms with Crippen molar-refractivity contribution in [2.75, 3.05) is 32.2 Å². The number of hydrogen-bond donors (Lipinski definition) is 0. The number of esters is 2. The number of allylic oxidation sites excluding steroid dienone is 2. The summed E-state index contributed by atoms with van der Waals surface area (Å²) in [5.74, 6) is 0.326. The smallest absolute Gasteiger partial charge is 0.345 e. The van der Waals surface area contributed by atoms with Crippen molar-refractivity contribution in [2.24, 2.45) is 0 Å².